The predicted octanol–water partition coefficient (Wildman–Crippen LogP) is 4.29. The molecule has 1 aromatic carbocycles. The number of benzene rings is 1. The molecule has 1 spiro atoms. The highest BCUT2D eigenvalue weighted by Gasteiger charge is 2.46. The van der Waals surface area contributed by atoms with Gasteiger partial charge in [0, 0.05) is 45.1 Å². The van der Waals surface area contributed by atoms with E-state index in [1.165, 1.54) is 11.1 Å². The molecule has 31 heavy (non-hydrogen) atoms. The van der Waals surface area contributed by atoms with Crippen LogP contribution in [-0.4, -0.2) is 67.2 Å². The zero-order chi connectivity index (χ0) is 22.0. The van der Waals surface area contributed by atoms with Gasteiger partial charge in [-0.2, -0.15) is 0 Å². The number of anilines is 1. The molecule has 3 aliphatic rings. The summed E-state index contributed by atoms with van der Waals surface area (Å²) >= 11 is 0. The minimum absolute atomic E-state index is 0. The summed E-state index contributed by atoms with van der Waals surface area (Å²) in [6.07, 6.45) is 8.18. The molecule has 2 saturated heterocycles. The number of ether oxygens (including phenoxy) is 1. The summed E-state index contributed by atoms with van der Waals surface area (Å²) in [4.78, 5) is 30.8. The Morgan fingerprint density at radius 3 is 2.52 bits per heavy atom. The number of carbonyl (C=O) groups excluding carboxylic acids is 2. The van der Waals surface area contributed by atoms with Gasteiger partial charge in [0.1, 0.15) is 0 Å². The van der Waals surface area contributed by atoms with Crippen LogP contribution in [0.15, 0.2) is 24.3 Å². The highest BCUT2D eigenvalue weighted by atomic mass is 16.6. The lowest BCUT2D eigenvalue weighted by Gasteiger charge is -2.45. The number of allylic oxidation sites excluding steroid dienone is 1. The third-order valence-corrected chi connectivity index (χ3v) is 7.34. The van der Waals surface area contributed by atoms with E-state index >= 15 is 0 Å². The Hall–Kier alpha value is -2.34. The Morgan fingerprint density at radius 2 is 1.90 bits per heavy atom. The van der Waals surface area contributed by atoms with Crippen molar-refractivity contribution in [2.45, 2.75) is 57.9 Å². The lowest BCUT2D eigenvalue weighted by atomic mass is 9.73. The fourth-order valence-corrected chi connectivity index (χ4v) is 5.64. The van der Waals surface area contributed by atoms with Gasteiger partial charge >= 0.3 is 6.09 Å². The van der Waals surface area contributed by atoms with Gasteiger partial charge in [0.15, 0.2) is 0 Å². The van der Waals surface area contributed by atoms with E-state index in [-0.39, 0.29) is 18.8 Å². The minimum atomic E-state index is -0.178. The molecule has 0 bridgehead atoms. The topological polar surface area (TPSA) is 53.1 Å². The summed E-state index contributed by atoms with van der Waals surface area (Å²) in [6.45, 7) is 10.4. The molecule has 0 saturated carbocycles. The van der Waals surface area contributed by atoms with E-state index in [1.54, 1.807) is 6.92 Å². The van der Waals surface area contributed by atoms with E-state index in [4.69, 9.17) is 4.74 Å². The van der Waals surface area contributed by atoms with Gasteiger partial charge in [0.05, 0.1) is 6.61 Å². The lowest BCUT2D eigenvalue weighted by Crippen LogP contribution is -2.52. The van der Waals surface area contributed by atoms with Crippen LogP contribution in [0.4, 0.5) is 10.5 Å². The van der Waals surface area contributed by atoms with Crippen LogP contribution >= 0.6 is 0 Å². The van der Waals surface area contributed by atoms with Gasteiger partial charge in [-0.25, -0.2) is 4.79 Å². The van der Waals surface area contributed by atoms with E-state index < -0.39 is 0 Å². The van der Waals surface area contributed by atoms with Gasteiger partial charge < -0.3 is 19.4 Å². The number of hydrogen-bond acceptors (Lipinski definition) is 4. The molecule has 3 heterocycles. The average molecular weight is 428 g/mol. The van der Waals surface area contributed by atoms with E-state index in [9.17, 15) is 9.59 Å². The van der Waals surface area contributed by atoms with Gasteiger partial charge in [-0.15, -0.1) is 0 Å². The highest BCUT2D eigenvalue weighted by molar-refractivity contribution is 5.95. The van der Waals surface area contributed by atoms with Gasteiger partial charge in [0.25, 0.3) is 0 Å². The first-order chi connectivity index (χ1) is 15.0. The van der Waals surface area contributed by atoms with Crippen LogP contribution in [0.3, 0.4) is 0 Å². The summed E-state index contributed by atoms with van der Waals surface area (Å²) in [5.74, 6) is 0.130. The van der Waals surface area contributed by atoms with Crippen LogP contribution in [-0.2, 0) is 14.9 Å². The van der Waals surface area contributed by atoms with Gasteiger partial charge in [-0.05, 0) is 75.9 Å². The van der Waals surface area contributed by atoms with Crippen molar-refractivity contribution < 1.29 is 15.8 Å². The Kier molecular flexibility index (Phi) is 6.37. The fourth-order valence-electron chi connectivity index (χ4n) is 5.64. The molecule has 2 amide bonds. The number of carbonyl (C=O) groups is 2. The van der Waals surface area contributed by atoms with E-state index in [0.717, 1.165) is 64.1 Å². The molecule has 0 atom stereocenters. The molecule has 170 valence electrons. The van der Waals surface area contributed by atoms with Crippen LogP contribution in [0.2, 0.25) is 0 Å². The normalized spacial score (nSPS) is 21.6. The minimum Gasteiger partial charge on any atom is -0.450 e. The summed E-state index contributed by atoms with van der Waals surface area (Å²) < 4.78 is 5.15. The fraction of sp³-hybridized carbons (Fsp3) is 0.600. The second-order valence-electron chi connectivity index (χ2n) is 9.12. The first-order valence-corrected chi connectivity index (χ1v) is 11.7. The van der Waals surface area contributed by atoms with E-state index in [1.807, 2.05) is 23.6 Å². The summed E-state index contributed by atoms with van der Waals surface area (Å²) in [7, 11) is 0. The smallest absolute Gasteiger partial charge is 0.409 e. The maximum atomic E-state index is 12.3. The molecule has 4 rings (SSSR count). The average Bonchev–Trinajstić information content (AvgIpc) is 3.09. The number of amides is 2. The molecule has 3 aliphatic heterocycles. The molecule has 2 fully saturated rings. The highest BCUT2D eigenvalue weighted by Crippen LogP contribution is 2.48. The molecular weight excluding hydrogens is 390 g/mol. The number of piperidine rings is 2. The maximum absolute atomic E-state index is 12.3. The van der Waals surface area contributed by atoms with Crippen molar-refractivity contribution in [3.63, 3.8) is 0 Å². The molecule has 0 aromatic heterocycles. The first-order valence-electron chi connectivity index (χ1n) is 11.7. The Bertz CT molecular complexity index is 856. The Balaban J connectivity index is 0.00000289. The van der Waals surface area contributed by atoms with Gasteiger partial charge in [-0.3, -0.25) is 4.79 Å². The van der Waals surface area contributed by atoms with Gasteiger partial charge in [-0.1, -0.05) is 18.2 Å². The lowest BCUT2D eigenvalue weighted by molar-refractivity contribution is -0.116. The molecule has 6 nitrogen and oxygen atoms in total. The summed E-state index contributed by atoms with van der Waals surface area (Å²) in [5, 5.41) is 0. The van der Waals surface area contributed by atoms with Crippen LogP contribution in [0, 0.1) is 0 Å². The number of hydrogen-bond donors (Lipinski definition) is 0. The standard InChI is InChI=1S/C25H35N3O3.H2/c1-4-6-20-7-8-23-22(17-20)25(18-28(23)19(3)29)11-15-26(16-12-25)21-9-13-27(14-10-21)24(30)31-5-2;/h4,6-8,17,21H,5,9-16,18H2,1-3H3;1H/b6-4-;. The third-order valence-electron chi connectivity index (χ3n) is 7.34. The van der Waals surface area contributed by atoms with Crippen molar-refractivity contribution in [2.24, 2.45) is 0 Å². The van der Waals surface area contributed by atoms with Crippen molar-refractivity contribution in [1.29, 1.82) is 0 Å². The molecule has 0 N–H and O–H groups in total. The van der Waals surface area contributed by atoms with Crippen molar-refractivity contribution in [3.05, 3.63) is 35.4 Å². The number of fused-ring (bicyclic) bond motifs is 2. The molecule has 0 radical (unpaired) electrons. The molecule has 0 unspecified atom stereocenters. The van der Waals surface area contributed by atoms with E-state index in [2.05, 4.69) is 35.3 Å². The molecular formula is C25H37N3O3. The van der Waals surface area contributed by atoms with Gasteiger partial charge in [0.2, 0.25) is 5.91 Å². The number of nitrogens with zero attached hydrogens (tertiary/aromatic N) is 3. The molecule has 1 aromatic rings. The second kappa shape index (κ2) is 9.03. The van der Waals surface area contributed by atoms with Crippen molar-refractivity contribution in [2.75, 3.05) is 44.2 Å². The maximum Gasteiger partial charge on any atom is 0.409 e. The second-order valence-corrected chi connectivity index (χ2v) is 9.12. The Morgan fingerprint density at radius 1 is 1.19 bits per heavy atom. The largest absolute Gasteiger partial charge is 0.450 e. The number of rotatable bonds is 3. The summed E-state index contributed by atoms with van der Waals surface area (Å²) in [6, 6.07) is 7.06. The first kappa shape index (κ1) is 21.9. The SMILES string of the molecule is C/C=C\c1ccc2c(c1)C1(CCN(C3CCN(C(=O)OCC)CC3)CC1)CN2C(C)=O.[HH]. The van der Waals surface area contributed by atoms with Crippen LogP contribution < -0.4 is 4.90 Å². The monoisotopic (exact) mass is 427 g/mol. The predicted molar refractivity (Wildman–Crippen MR) is 125 cm³/mol. The summed E-state index contributed by atoms with van der Waals surface area (Å²) in [5.41, 5.74) is 3.70. The van der Waals surface area contributed by atoms with E-state index in [0.29, 0.717) is 12.6 Å². The van der Waals surface area contributed by atoms with Crippen molar-refractivity contribution >= 4 is 23.8 Å². The zero-order valence-electron chi connectivity index (χ0n) is 19.1. The third kappa shape index (κ3) is 4.22. The zero-order valence-corrected chi connectivity index (χ0v) is 19.1. The van der Waals surface area contributed by atoms with Crippen molar-refractivity contribution in [3.8, 4) is 0 Å². The molecule has 6 heteroatoms. The van der Waals surface area contributed by atoms with Crippen molar-refractivity contribution in [1.82, 2.24) is 9.80 Å². The van der Waals surface area contributed by atoms with Crippen LogP contribution in [0.1, 0.15) is 59.0 Å². The molecule has 0 aliphatic carbocycles. The van der Waals surface area contributed by atoms with Crippen LogP contribution in [0.5, 0.6) is 0 Å². The Labute approximate surface area is 187 Å². The quantitative estimate of drug-likeness (QED) is 0.722. The van der Waals surface area contributed by atoms with Crippen LogP contribution in [0.25, 0.3) is 6.08 Å². The number of likely N-dealkylation sites (tertiary alicyclic amines) is 2.